The molecule has 1 heterocycles. The van der Waals surface area contributed by atoms with Crippen LogP contribution < -0.4 is 5.32 Å². The van der Waals surface area contributed by atoms with E-state index in [0.717, 1.165) is 4.90 Å². The van der Waals surface area contributed by atoms with Gasteiger partial charge in [-0.3, -0.25) is 19.7 Å². The van der Waals surface area contributed by atoms with Crippen LogP contribution in [0, 0.1) is 10.1 Å². The van der Waals surface area contributed by atoms with Crippen LogP contribution in [0.25, 0.3) is 0 Å². The molecule has 0 radical (unpaired) electrons. The van der Waals surface area contributed by atoms with Crippen LogP contribution in [-0.4, -0.2) is 26.8 Å². The van der Waals surface area contributed by atoms with E-state index in [-0.39, 0.29) is 29.3 Å². The minimum absolute atomic E-state index is 0.100. The van der Waals surface area contributed by atoms with Gasteiger partial charge in [-0.05, 0) is 24.4 Å². The number of halogens is 1. The van der Waals surface area contributed by atoms with Crippen molar-refractivity contribution in [3.63, 3.8) is 0 Å². The third-order valence-corrected chi connectivity index (χ3v) is 3.43. The monoisotopic (exact) mass is 357 g/mol. The van der Waals surface area contributed by atoms with E-state index >= 15 is 0 Å². The molecule has 1 saturated heterocycles. The van der Waals surface area contributed by atoms with Gasteiger partial charge in [0.25, 0.3) is 5.69 Å². The number of nitro benzene ring substituents is 1. The van der Waals surface area contributed by atoms with Gasteiger partial charge in [-0.1, -0.05) is 15.9 Å². The van der Waals surface area contributed by atoms with Crippen LogP contribution in [0.3, 0.4) is 0 Å². The van der Waals surface area contributed by atoms with Crippen molar-refractivity contribution >= 4 is 56.4 Å². The summed E-state index contributed by atoms with van der Waals surface area (Å²) in [5.41, 5.74) is -0.0866. The van der Waals surface area contributed by atoms with Gasteiger partial charge >= 0.3 is 0 Å². The number of carbonyl (C=O) groups excluding carboxylic acids is 2. The van der Waals surface area contributed by atoms with Crippen molar-refractivity contribution in [1.82, 2.24) is 4.90 Å². The van der Waals surface area contributed by atoms with Crippen LogP contribution in [0.1, 0.15) is 12.8 Å². The highest BCUT2D eigenvalue weighted by molar-refractivity contribution is 9.10. The van der Waals surface area contributed by atoms with Gasteiger partial charge < -0.3 is 5.32 Å². The van der Waals surface area contributed by atoms with Gasteiger partial charge in [0.15, 0.2) is 5.11 Å². The quantitative estimate of drug-likeness (QED) is 0.377. The van der Waals surface area contributed by atoms with Gasteiger partial charge in [-0.25, -0.2) is 4.90 Å². The molecule has 0 aromatic heterocycles. The molecule has 20 heavy (non-hydrogen) atoms. The van der Waals surface area contributed by atoms with E-state index in [4.69, 9.17) is 12.2 Å². The summed E-state index contributed by atoms with van der Waals surface area (Å²) in [6, 6.07) is 4.34. The molecular formula is C11H8BrN3O4S. The Morgan fingerprint density at radius 3 is 2.50 bits per heavy atom. The normalized spacial score (nSPS) is 14.6. The zero-order valence-electron chi connectivity index (χ0n) is 9.96. The lowest BCUT2D eigenvalue weighted by Gasteiger charge is -2.16. The minimum atomic E-state index is -0.580. The highest BCUT2D eigenvalue weighted by Gasteiger charge is 2.32. The van der Waals surface area contributed by atoms with E-state index in [1.165, 1.54) is 12.1 Å². The van der Waals surface area contributed by atoms with Gasteiger partial charge in [-0.15, -0.1) is 0 Å². The van der Waals surface area contributed by atoms with Crippen molar-refractivity contribution in [3.05, 3.63) is 32.8 Å². The van der Waals surface area contributed by atoms with Crippen molar-refractivity contribution in [1.29, 1.82) is 0 Å². The number of nitrogens with one attached hydrogen (secondary N) is 1. The van der Waals surface area contributed by atoms with Gasteiger partial charge in [0.1, 0.15) is 5.69 Å². The van der Waals surface area contributed by atoms with Crippen molar-refractivity contribution in [2.45, 2.75) is 12.8 Å². The second-order valence-electron chi connectivity index (χ2n) is 3.97. The number of carbonyl (C=O) groups is 2. The van der Waals surface area contributed by atoms with Crippen LogP contribution in [-0.2, 0) is 9.59 Å². The predicted octanol–water partition coefficient (Wildman–Crippen LogP) is 2.20. The van der Waals surface area contributed by atoms with E-state index < -0.39 is 16.7 Å². The first-order valence-electron chi connectivity index (χ1n) is 5.51. The molecule has 7 nitrogen and oxygen atoms in total. The van der Waals surface area contributed by atoms with Gasteiger partial charge in [0.05, 0.1) is 4.92 Å². The smallest absolute Gasteiger partial charge is 0.293 e. The second kappa shape index (κ2) is 5.63. The molecule has 2 rings (SSSR count). The number of hydrogen-bond acceptors (Lipinski definition) is 5. The maximum atomic E-state index is 11.5. The Morgan fingerprint density at radius 2 is 1.95 bits per heavy atom. The van der Waals surface area contributed by atoms with E-state index in [0.29, 0.717) is 4.47 Å². The summed E-state index contributed by atoms with van der Waals surface area (Å²) in [5, 5.41) is 13.4. The molecule has 0 spiro atoms. The number of benzene rings is 1. The highest BCUT2D eigenvalue weighted by Crippen LogP contribution is 2.28. The lowest BCUT2D eigenvalue weighted by molar-refractivity contribution is -0.384. The van der Waals surface area contributed by atoms with Crippen molar-refractivity contribution in [2.75, 3.05) is 5.32 Å². The number of hydrogen-bond donors (Lipinski definition) is 1. The van der Waals surface area contributed by atoms with Crippen LogP contribution >= 0.6 is 28.1 Å². The summed E-state index contributed by atoms with van der Waals surface area (Å²) in [7, 11) is 0. The number of thiocarbonyl (C=S) groups is 1. The Labute approximate surface area is 127 Å². The van der Waals surface area contributed by atoms with E-state index in [9.17, 15) is 19.7 Å². The summed E-state index contributed by atoms with van der Waals surface area (Å²) in [4.78, 5) is 34.3. The van der Waals surface area contributed by atoms with E-state index in [2.05, 4.69) is 21.2 Å². The molecule has 1 aliphatic heterocycles. The minimum Gasteiger partial charge on any atom is -0.326 e. The molecule has 1 aromatic carbocycles. The summed E-state index contributed by atoms with van der Waals surface area (Å²) < 4.78 is 0.536. The summed E-state index contributed by atoms with van der Waals surface area (Å²) in [5.74, 6) is -0.820. The van der Waals surface area contributed by atoms with E-state index in [1.807, 2.05) is 0 Å². The van der Waals surface area contributed by atoms with Crippen LogP contribution in [0.15, 0.2) is 22.7 Å². The number of amides is 2. The van der Waals surface area contributed by atoms with Crippen LogP contribution in [0.2, 0.25) is 0 Å². The number of nitro groups is 1. The van der Waals surface area contributed by atoms with Gasteiger partial charge in [0, 0.05) is 23.4 Å². The third-order valence-electron chi connectivity index (χ3n) is 2.65. The molecule has 1 aliphatic rings. The Balaban J connectivity index is 2.26. The Hall–Kier alpha value is -1.87. The number of imide groups is 1. The number of likely N-dealkylation sites (tertiary alicyclic amines) is 1. The van der Waals surface area contributed by atoms with Crippen LogP contribution in [0.4, 0.5) is 11.4 Å². The lowest BCUT2D eigenvalue weighted by Crippen LogP contribution is -2.38. The van der Waals surface area contributed by atoms with E-state index in [1.54, 1.807) is 6.07 Å². The molecule has 104 valence electrons. The van der Waals surface area contributed by atoms with Crippen molar-refractivity contribution < 1.29 is 14.5 Å². The fourth-order valence-electron chi connectivity index (χ4n) is 1.74. The Morgan fingerprint density at radius 1 is 1.35 bits per heavy atom. The zero-order chi connectivity index (χ0) is 14.9. The SMILES string of the molecule is O=C1CCC(=O)N1C(=S)Nc1ccc(Br)cc1[N+](=O)[O-]. The molecule has 0 unspecified atom stereocenters. The zero-order valence-corrected chi connectivity index (χ0v) is 12.4. The highest BCUT2D eigenvalue weighted by atomic mass is 79.9. The van der Waals surface area contributed by atoms with Crippen molar-refractivity contribution in [3.8, 4) is 0 Å². The number of anilines is 1. The lowest BCUT2D eigenvalue weighted by atomic mass is 10.3. The van der Waals surface area contributed by atoms with Crippen LogP contribution in [0.5, 0.6) is 0 Å². The standard InChI is InChI=1S/C11H8BrN3O4S/c12-6-1-2-7(8(5-6)15(18)19)13-11(20)14-9(16)3-4-10(14)17/h1-2,5H,3-4H2,(H,13,20). The summed E-state index contributed by atoms with van der Waals surface area (Å²) in [6.45, 7) is 0. The molecule has 1 fully saturated rings. The Bertz CT molecular complexity index is 618. The first-order valence-corrected chi connectivity index (χ1v) is 6.71. The van der Waals surface area contributed by atoms with Gasteiger partial charge in [-0.2, -0.15) is 0 Å². The molecule has 1 N–H and O–H groups in total. The predicted molar refractivity (Wildman–Crippen MR) is 78.1 cm³/mol. The summed E-state index contributed by atoms with van der Waals surface area (Å²) >= 11 is 8.10. The second-order valence-corrected chi connectivity index (χ2v) is 5.27. The molecule has 2 amide bonds. The first-order chi connectivity index (χ1) is 9.40. The molecule has 0 aliphatic carbocycles. The number of rotatable bonds is 2. The largest absolute Gasteiger partial charge is 0.326 e. The molecule has 1 aromatic rings. The maximum Gasteiger partial charge on any atom is 0.293 e. The fourth-order valence-corrected chi connectivity index (χ4v) is 2.40. The number of nitrogens with zero attached hydrogens (tertiary/aromatic N) is 2. The van der Waals surface area contributed by atoms with Crippen molar-refractivity contribution in [2.24, 2.45) is 0 Å². The summed E-state index contributed by atoms with van der Waals surface area (Å²) in [6.07, 6.45) is 0.201. The molecule has 0 atom stereocenters. The molecular weight excluding hydrogens is 350 g/mol. The maximum absolute atomic E-state index is 11.5. The molecule has 9 heteroatoms. The Kier molecular flexibility index (Phi) is 4.09. The first kappa shape index (κ1) is 14.5. The third kappa shape index (κ3) is 2.83. The average Bonchev–Trinajstić information content (AvgIpc) is 2.71. The topological polar surface area (TPSA) is 92.6 Å². The fraction of sp³-hybridized carbons (Fsp3) is 0.182. The average molecular weight is 358 g/mol. The van der Waals surface area contributed by atoms with Gasteiger partial charge in [0.2, 0.25) is 11.8 Å². The molecule has 0 saturated carbocycles. The molecule has 0 bridgehead atoms.